The predicted octanol–water partition coefficient (Wildman–Crippen LogP) is 2.86. The molecule has 0 saturated carbocycles. The number of aryl methyl sites for hydroxylation is 1. The Morgan fingerprint density at radius 3 is 2.33 bits per heavy atom. The first kappa shape index (κ1) is 22.0. The van der Waals surface area contributed by atoms with Gasteiger partial charge in [0.15, 0.2) is 6.61 Å². The Morgan fingerprint density at radius 2 is 1.73 bits per heavy atom. The number of hydrogen-bond donors (Lipinski definition) is 2. The van der Waals surface area contributed by atoms with Crippen LogP contribution in [0.1, 0.15) is 27.9 Å². The Labute approximate surface area is 171 Å². The van der Waals surface area contributed by atoms with Crippen LogP contribution in [0.4, 0.5) is 17.1 Å². The van der Waals surface area contributed by atoms with Crippen LogP contribution in [0.25, 0.3) is 0 Å². The van der Waals surface area contributed by atoms with Gasteiger partial charge in [0.05, 0.1) is 16.6 Å². The molecule has 0 atom stereocenters. The van der Waals surface area contributed by atoms with Crippen molar-refractivity contribution in [1.29, 1.82) is 5.26 Å². The summed E-state index contributed by atoms with van der Waals surface area (Å²) in [5, 5.41) is 24.5. The van der Waals surface area contributed by atoms with Crippen molar-refractivity contribution in [2.45, 2.75) is 20.3 Å². The van der Waals surface area contributed by atoms with Crippen LogP contribution in [0.5, 0.6) is 0 Å². The highest BCUT2D eigenvalue weighted by Gasteiger charge is 2.20. The number of carbonyl (C=O) groups excluding carboxylic acids is 3. The van der Waals surface area contributed by atoms with E-state index in [2.05, 4.69) is 10.6 Å². The average Bonchev–Trinajstić information content (AvgIpc) is 2.70. The molecular formula is C20H18N4O6. The molecule has 10 heteroatoms. The van der Waals surface area contributed by atoms with E-state index < -0.39 is 29.3 Å². The highest BCUT2D eigenvalue weighted by Crippen LogP contribution is 2.30. The lowest BCUT2D eigenvalue weighted by molar-refractivity contribution is -0.384. The molecule has 0 bridgehead atoms. The maximum atomic E-state index is 12.1. The molecule has 2 aromatic rings. The molecule has 0 aliphatic rings. The fourth-order valence-corrected chi connectivity index (χ4v) is 2.47. The highest BCUT2D eigenvalue weighted by molar-refractivity contribution is 5.98. The molecule has 0 aliphatic heterocycles. The van der Waals surface area contributed by atoms with E-state index in [0.29, 0.717) is 11.3 Å². The zero-order chi connectivity index (χ0) is 22.3. The Bertz CT molecular complexity index is 1040. The molecule has 2 aromatic carbocycles. The monoisotopic (exact) mass is 410 g/mol. The van der Waals surface area contributed by atoms with E-state index in [-0.39, 0.29) is 23.4 Å². The SMILES string of the molecule is Cc1ccc([N+](=O)[O-])c(NC(=O)COC(=O)c2ccc(NC(=O)CC#N)cc2)c1C. The maximum absolute atomic E-state index is 12.1. The number of rotatable bonds is 7. The van der Waals surface area contributed by atoms with E-state index in [9.17, 15) is 24.5 Å². The minimum Gasteiger partial charge on any atom is -0.452 e. The van der Waals surface area contributed by atoms with Crippen molar-refractivity contribution in [3.63, 3.8) is 0 Å². The molecule has 0 fully saturated rings. The molecular weight excluding hydrogens is 392 g/mol. The topological polar surface area (TPSA) is 151 Å². The predicted molar refractivity (Wildman–Crippen MR) is 107 cm³/mol. The second kappa shape index (κ2) is 9.79. The molecule has 2 amide bonds. The van der Waals surface area contributed by atoms with Crippen molar-refractivity contribution in [3.8, 4) is 6.07 Å². The standard InChI is InChI=1S/C20H18N4O6/c1-12-3-8-16(24(28)29)19(13(12)2)23-18(26)11-30-20(27)14-4-6-15(7-5-14)22-17(25)9-10-21/h3-8H,9,11H2,1-2H3,(H,22,25)(H,23,26). The number of nitro benzene ring substituents is 1. The first-order valence-corrected chi connectivity index (χ1v) is 8.71. The Kier molecular flexibility index (Phi) is 7.19. The lowest BCUT2D eigenvalue weighted by Gasteiger charge is -2.11. The number of ether oxygens (including phenoxy) is 1. The van der Waals surface area contributed by atoms with Crippen LogP contribution in [0, 0.1) is 35.3 Å². The molecule has 10 nitrogen and oxygen atoms in total. The molecule has 0 spiro atoms. The van der Waals surface area contributed by atoms with Crippen LogP contribution >= 0.6 is 0 Å². The molecule has 0 aromatic heterocycles. The van der Waals surface area contributed by atoms with E-state index in [4.69, 9.17) is 10.00 Å². The molecule has 0 saturated heterocycles. The van der Waals surface area contributed by atoms with E-state index in [0.717, 1.165) is 5.56 Å². The fraction of sp³-hybridized carbons (Fsp3) is 0.200. The van der Waals surface area contributed by atoms with Crippen LogP contribution in [0.2, 0.25) is 0 Å². The van der Waals surface area contributed by atoms with E-state index >= 15 is 0 Å². The second-order valence-corrected chi connectivity index (χ2v) is 6.24. The molecule has 0 aliphatic carbocycles. The van der Waals surface area contributed by atoms with Gasteiger partial charge >= 0.3 is 5.97 Å². The second-order valence-electron chi connectivity index (χ2n) is 6.24. The number of nitrogens with zero attached hydrogens (tertiary/aromatic N) is 2. The summed E-state index contributed by atoms with van der Waals surface area (Å²) in [7, 11) is 0. The molecule has 30 heavy (non-hydrogen) atoms. The summed E-state index contributed by atoms with van der Waals surface area (Å²) in [4.78, 5) is 46.2. The number of nitriles is 1. The van der Waals surface area contributed by atoms with Crippen molar-refractivity contribution in [2.75, 3.05) is 17.2 Å². The van der Waals surface area contributed by atoms with Gasteiger partial charge in [0.25, 0.3) is 11.6 Å². The number of anilines is 2. The summed E-state index contributed by atoms with van der Waals surface area (Å²) < 4.78 is 4.94. The minimum atomic E-state index is -0.782. The van der Waals surface area contributed by atoms with Crippen LogP contribution < -0.4 is 10.6 Å². The van der Waals surface area contributed by atoms with Crippen molar-refractivity contribution < 1.29 is 24.0 Å². The normalized spacial score (nSPS) is 9.90. The average molecular weight is 410 g/mol. The number of benzene rings is 2. The minimum absolute atomic E-state index is 0.0542. The number of nitrogens with one attached hydrogen (secondary N) is 2. The zero-order valence-electron chi connectivity index (χ0n) is 16.2. The van der Waals surface area contributed by atoms with E-state index in [1.807, 2.05) is 0 Å². The summed E-state index contributed by atoms with van der Waals surface area (Å²) in [6.45, 7) is 2.76. The van der Waals surface area contributed by atoms with E-state index in [1.54, 1.807) is 26.0 Å². The molecule has 2 N–H and O–H groups in total. The number of nitro groups is 1. The number of esters is 1. The highest BCUT2D eigenvalue weighted by atomic mass is 16.6. The molecule has 0 heterocycles. The van der Waals surface area contributed by atoms with Crippen LogP contribution in [-0.2, 0) is 14.3 Å². The number of amides is 2. The van der Waals surface area contributed by atoms with Gasteiger partial charge in [0.1, 0.15) is 12.1 Å². The summed E-state index contributed by atoms with van der Waals surface area (Å²) in [6.07, 6.45) is -0.294. The molecule has 2 rings (SSSR count). The molecule has 0 radical (unpaired) electrons. The summed E-state index contributed by atoms with van der Waals surface area (Å²) in [6, 6.07) is 10.3. The fourth-order valence-electron chi connectivity index (χ4n) is 2.47. The van der Waals surface area contributed by atoms with Crippen LogP contribution in [0.3, 0.4) is 0 Å². The van der Waals surface area contributed by atoms with Gasteiger partial charge in [-0.25, -0.2) is 4.79 Å². The van der Waals surface area contributed by atoms with Gasteiger partial charge in [-0.05, 0) is 49.2 Å². The Balaban J connectivity index is 1.98. The first-order chi connectivity index (χ1) is 14.2. The lowest BCUT2D eigenvalue weighted by atomic mass is 10.1. The maximum Gasteiger partial charge on any atom is 0.338 e. The first-order valence-electron chi connectivity index (χ1n) is 8.71. The van der Waals surface area contributed by atoms with Gasteiger partial charge in [0, 0.05) is 11.8 Å². The quantitative estimate of drug-likeness (QED) is 0.404. The van der Waals surface area contributed by atoms with Gasteiger partial charge < -0.3 is 15.4 Å². The number of carbonyl (C=O) groups is 3. The van der Waals surface area contributed by atoms with Crippen LogP contribution in [-0.4, -0.2) is 29.3 Å². The summed E-state index contributed by atoms with van der Waals surface area (Å²) in [5.41, 5.74) is 1.63. The Hall–Kier alpha value is -4.26. The van der Waals surface area contributed by atoms with Crippen molar-refractivity contribution in [2.24, 2.45) is 0 Å². The van der Waals surface area contributed by atoms with Crippen molar-refractivity contribution >= 4 is 34.8 Å². The molecule has 0 unspecified atom stereocenters. The summed E-state index contributed by atoms with van der Waals surface area (Å²) in [5.74, 6) is -1.99. The van der Waals surface area contributed by atoms with E-state index in [1.165, 1.54) is 30.3 Å². The third kappa shape index (κ3) is 5.62. The van der Waals surface area contributed by atoms with Gasteiger partial charge in [-0.3, -0.25) is 19.7 Å². The van der Waals surface area contributed by atoms with Gasteiger partial charge in [-0.2, -0.15) is 5.26 Å². The Morgan fingerprint density at radius 1 is 1.07 bits per heavy atom. The summed E-state index contributed by atoms with van der Waals surface area (Å²) >= 11 is 0. The van der Waals surface area contributed by atoms with Gasteiger partial charge in [0.2, 0.25) is 5.91 Å². The van der Waals surface area contributed by atoms with Gasteiger partial charge in [-0.1, -0.05) is 6.07 Å². The lowest BCUT2D eigenvalue weighted by Crippen LogP contribution is -2.22. The third-order valence-electron chi connectivity index (χ3n) is 4.15. The molecule has 154 valence electrons. The van der Waals surface area contributed by atoms with Crippen molar-refractivity contribution in [3.05, 3.63) is 63.2 Å². The smallest absolute Gasteiger partial charge is 0.338 e. The third-order valence-corrected chi connectivity index (χ3v) is 4.15. The van der Waals surface area contributed by atoms with Gasteiger partial charge in [-0.15, -0.1) is 0 Å². The largest absolute Gasteiger partial charge is 0.452 e. The van der Waals surface area contributed by atoms with Crippen molar-refractivity contribution in [1.82, 2.24) is 0 Å². The van der Waals surface area contributed by atoms with Crippen LogP contribution in [0.15, 0.2) is 36.4 Å². The number of hydrogen-bond acceptors (Lipinski definition) is 7. The zero-order valence-corrected chi connectivity index (χ0v) is 16.2.